The fraction of sp³-hybridized carbons (Fsp3) is 0.240. The molecule has 2 bridgehead atoms. The Morgan fingerprint density at radius 1 is 1.22 bits per heavy atom. The van der Waals surface area contributed by atoms with E-state index < -0.39 is 11.9 Å². The largest absolute Gasteiger partial charge is 0.487 e. The van der Waals surface area contributed by atoms with E-state index >= 15 is 0 Å². The van der Waals surface area contributed by atoms with Crippen LogP contribution in [0.3, 0.4) is 0 Å². The van der Waals surface area contributed by atoms with Crippen LogP contribution in [0.1, 0.15) is 5.56 Å². The minimum atomic E-state index is -0.950. The van der Waals surface area contributed by atoms with Crippen molar-refractivity contribution >= 4 is 34.4 Å². The van der Waals surface area contributed by atoms with Gasteiger partial charge in [0.15, 0.2) is 17.4 Å². The van der Waals surface area contributed by atoms with Crippen molar-refractivity contribution in [3.8, 4) is 17.2 Å². The number of ether oxygens (including phenoxy) is 2. The minimum Gasteiger partial charge on any atom is -0.487 e. The van der Waals surface area contributed by atoms with Gasteiger partial charge in [0.2, 0.25) is 0 Å². The van der Waals surface area contributed by atoms with Crippen molar-refractivity contribution < 1.29 is 23.8 Å². The first-order chi connectivity index (χ1) is 17.9. The molecule has 0 saturated carbocycles. The number of nitrogens with zero attached hydrogens (tertiary/aromatic N) is 6. The van der Waals surface area contributed by atoms with Gasteiger partial charge in [0.05, 0.1) is 24.0 Å². The summed E-state index contributed by atoms with van der Waals surface area (Å²) in [5, 5.41) is 12.8. The molecule has 1 amide bonds. The number of nitrogens with one attached hydrogen (secondary N) is 1. The molecule has 6 rings (SSSR count). The molecule has 0 spiro atoms. The van der Waals surface area contributed by atoms with Gasteiger partial charge in [-0.15, -0.1) is 0 Å². The zero-order valence-corrected chi connectivity index (χ0v) is 19.8. The third-order valence-corrected chi connectivity index (χ3v) is 6.36. The normalized spacial score (nSPS) is 16.5. The second kappa shape index (κ2) is 9.04. The zero-order valence-electron chi connectivity index (χ0n) is 19.8. The lowest BCUT2D eigenvalue weighted by Gasteiger charge is -2.37. The Balaban J connectivity index is 1.28. The Bertz CT molecular complexity index is 1520. The van der Waals surface area contributed by atoms with Gasteiger partial charge in [0, 0.05) is 37.5 Å². The Kier molecular flexibility index (Phi) is 5.55. The Hall–Kier alpha value is -4.74. The molecular weight excluding hydrogens is 481 g/mol. The lowest BCUT2D eigenvalue weighted by atomic mass is 10.2. The number of rotatable bonds is 4. The van der Waals surface area contributed by atoms with Crippen LogP contribution in [-0.4, -0.2) is 68.3 Å². The van der Waals surface area contributed by atoms with Gasteiger partial charge in [0.25, 0.3) is 0 Å². The van der Waals surface area contributed by atoms with Crippen molar-refractivity contribution in [3.63, 3.8) is 0 Å². The van der Waals surface area contributed by atoms with Crippen molar-refractivity contribution in [2.75, 3.05) is 36.5 Å². The third kappa shape index (κ3) is 4.37. The van der Waals surface area contributed by atoms with E-state index in [1.165, 1.54) is 23.5 Å². The maximum Gasteiger partial charge on any atom is 0.407 e. The summed E-state index contributed by atoms with van der Waals surface area (Å²) in [7, 11) is 0. The number of piperazine rings is 1. The number of aryl methyl sites for hydroxylation is 1. The lowest BCUT2D eigenvalue weighted by Crippen LogP contribution is -2.56. The van der Waals surface area contributed by atoms with Gasteiger partial charge in [-0.3, -0.25) is 9.88 Å². The van der Waals surface area contributed by atoms with Gasteiger partial charge in [-0.1, -0.05) is 0 Å². The first-order valence-corrected chi connectivity index (χ1v) is 11.6. The molecule has 2 aliphatic rings. The smallest absolute Gasteiger partial charge is 0.407 e. The second-order valence-corrected chi connectivity index (χ2v) is 8.83. The van der Waals surface area contributed by atoms with Crippen molar-refractivity contribution in [1.82, 2.24) is 24.8 Å². The second-order valence-electron chi connectivity index (χ2n) is 8.83. The molecule has 2 N–H and O–H groups in total. The number of anilines is 3. The zero-order chi connectivity index (χ0) is 25.5. The number of hydrogen-bond acceptors (Lipinski definition) is 9. The molecule has 37 heavy (non-hydrogen) atoms. The molecule has 4 aromatic rings. The molecule has 12 heteroatoms. The highest BCUT2D eigenvalue weighted by atomic mass is 19.1. The van der Waals surface area contributed by atoms with Crippen LogP contribution in [0.25, 0.3) is 11.0 Å². The molecule has 188 valence electrons. The van der Waals surface area contributed by atoms with Crippen LogP contribution in [0.4, 0.5) is 26.5 Å². The van der Waals surface area contributed by atoms with E-state index in [9.17, 15) is 14.3 Å². The Morgan fingerprint density at radius 3 is 2.92 bits per heavy atom. The van der Waals surface area contributed by atoms with Crippen molar-refractivity contribution in [2.45, 2.75) is 13.0 Å². The van der Waals surface area contributed by atoms with Crippen LogP contribution in [-0.2, 0) is 0 Å². The lowest BCUT2D eigenvalue weighted by molar-refractivity contribution is 0.101. The van der Waals surface area contributed by atoms with Crippen LogP contribution < -0.4 is 19.7 Å². The standard InChI is InChI=1S/C25H22FN7O4/c1-14-6-16(2-3-20(14)37-18-7-15(26)9-27-10-18)30-23-22-19(28-13-29-23)8-21-24(31-22)32-4-5-33(25(34)35)17(11-32)12-36-21/h2-3,6-10,13,17H,4-5,11-12H2,1H3,(H,34,35)(H,28,29,30). The van der Waals surface area contributed by atoms with E-state index in [0.717, 1.165) is 17.4 Å². The number of amides is 1. The fourth-order valence-electron chi connectivity index (χ4n) is 4.56. The number of hydrogen-bond donors (Lipinski definition) is 2. The van der Waals surface area contributed by atoms with Crippen molar-refractivity contribution in [2.24, 2.45) is 0 Å². The van der Waals surface area contributed by atoms with Crippen molar-refractivity contribution in [1.29, 1.82) is 0 Å². The fourth-order valence-corrected chi connectivity index (χ4v) is 4.56. The number of aromatic nitrogens is 4. The first kappa shape index (κ1) is 22.7. The quantitative estimate of drug-likeness (QED) is 0.423. The van der Waals surface area contributed by atoms with Gasteiger partial charge in [0.1, 0.15) is 35.8 Å². The average molecular weight is 503 g/mol. The van der Waals surface area contributed by atoms with Gasteiger partial charge < -0.3 is 24.8 Å². The summed E-state index contributed by atoms with van der Waals surface area (Å²) in [5.74, 6) is 2.13. The van der Waals surface area contributed by atoms with E-state index in [2.05, 4.69) is 20.3 Å². The van der Waals surface area contributed by atoms with E-state index in [4.69, 9.17) is 14.5 Å². The van der Waals surface area contributed by atoms with E-state index in [0.29, 0.717) is 59.6 Å². The molecule has 5 heterocycles. The maximum absolute atomic E-state index is 13.4. The highest BCUT2D eigenvalue weighted by Crippen LogP contribution is 2.36. The number of carboxylic acid groups (broad SMARTS) is 1. The molecule has 1 aromatic carbocycles. The van der Waals surface area contributed by atoms with Gasteiger partial charge in [-0.25, -0.2) is 24.1 Å². The monoisotopic (exact) mass is 503 g/mol. The summed E-state index contributed by atoms with van der Waals surface area (Å²) < 4.78 is 25.2. The summed E-state index contributed by atoms with van der Waals surface area (Å²) in [6, 6.07) is 8.29. The highest BCUT2D eigenvalue weighted by molar-refractivity contribution is 5.90. The number of benzene rings is 1. The van der Waals surface area contributed by atoms with Gasteiger partial charge in [-0.2, -0.15) is 0 Å². The topological polar surface area (TPSA) is 126 Å². The molecule has 1 atom stereocenters. The van der Waals surface area contributed by atoms with E-state index in [1.54, 1.807) is 6.07 Å². The van der Waals surface area contributed by atoms with E-state index in [-0.39, 0.29) is 12.6 Å². The predicted octanol–water partition coefficient (Wildman–Crippen LogP) is 3.96. The summed E-state index contributed by atoms with van der Waals surface area (Å²) in [4.78, 5) is 32.5. The van der Waals surface area contributed by atoms with Crippen LogP contribution in [0.5, 0.6) is 17.2 Å². The van der Waals surface area contributed by atoms with Crippen LogP contribution in [0, 0.1) is 12.7 Å². The Morgan fingerprint density at radius 2 is 2.11 bits per heavy atom. The maximum atomic E-state index is 13.4. The predicted molar refractivity (Wildman–Crippen MR) is 132 cm³/mol. The number of fused-ring (bicyclic) bond motifs is 5. The minimum absolute atomic E-state index is 0.249. The molecule has 2 aliphatic heterocycles. The molecule has 11 nitrogen and oxygen atoms in total. The van der Waals surface area contributed by atoms with Gasteiger partial charge in [-0.05, 0) is 30.7 Å². The first-order valence-electron chi connectivity index (χ1n) is 11.6. The molecule has 0 radical (unpaired) electrons. The van der Waals surface area contributed by atoms with Crippen LogP contribution in [0.2, 0.25) is 0 Å². The third-order valence-electron chi connectivity index (χ3n) is 6.36. The molecule has 0 aliphatic carbocycles. The number of halogens is 1. The Labute approximate surface area is 210 Å². The average Bonchev–Trinajstić information content (AvgIpc) is 3.01. The summed E-state index contributed by atoms with van der Waals surface area (Å²) in [5.41, 5.74) is 2.74. The SMILES string of the molecule is Cc1cc(Nc2ncnc3cc4c(nc23)N2CCN(C(=O)O)C(CO4)C2)ccc1Oc1cncc(F)c1. The number of pyridine rings is 2. The van der Waals surface area contributed by atoms with Crippen molar-refractivity contribution in [3.05, 3.63) is 60.4 Å². The summed E-state index contributed by atoms with van der Waals surface area (Å²) in [6.07, 6.45) is 3.06. The summed E-state index contributed by atoms with van der Waals surface area (Å²) in [6.45, 7) is 3.51. The van der Waals surface area contributed by atoms with E-state index in [1.807, 2.05) is 30.0 Å². The molecule has 1 unspecified atom stereocenters. The van der Waals surface area contributed by atoms with Crippen LogP contribution >= 0.6 is 0 Å². The van der Waals surface area contributed by atoms with Gasteiger partial charge >= 0.3 is 6.09 Å². The number of carbonyl (C=O) groups is 1. The summed E-state index contributed by atoms with van der Waals surface area (Å²) >= 11 is 0. The molecule has 3 aromatic heterocycles. The van der Waals surface area contributed by atoms with Crippen LogP contribution in [0.15, 0.2) is 49.1 Å². The molecular formula is C25H22FN7O4. The molecule has 1 fully saturated rings. The molecule has 1 saturated heterocycles. The highest BCUT2D eigenvalue weighted by Gasteiger charge is 2.35.